The number of hydrogen-bond acceptors (Lipinski definition) is 3. The van der Waals surface area contributed by atoms with Crippen molar-refractivity contribution in [1.29, 1.82) is 0 Å². The molecule has 0 fully saturated rings. The van der Waals surface area contributed by atoms with E-state index in [9.17, 15) is 14.0 Å². The number of aliphatic carboxylic acids is 1. The van der Waals surface area contributed by atoms with E-state index < -0.39 is 29.2 Å². The lowest BCUT2D eigenvalue weighted by Crippen LogP contribution is -2.49. The third-order valence-electron chi connectivity index (χ3n) is 3.00. The SMILES string of the molecule is COc1ccc(CC(=O)NC(C(=O)O)C(C)(C)C)cc1F. The Morgan fingerprint density at radius 3 is 2.43 bits per heavy atom. The van der Waals surface area contributed by atoms with Crippen LogP contribution in [0, 0.1) is 11.2 Å². The predicted octanol–water partition coefficient (Wildman–Crippen LogP) is 1.99. The fourth-order valence-corrected chi connectivity index (χ4v) is 1.87. The van der Waals surface area contributed by atoms with Crippen LogP contribution in [0.2, 0.25) is 0 Å². The summed E-state index contributed by atoms with van der Waals surface area (Å²) in [6, 6.07) is 3.18. The molecule has 0 heterocycles. The summed E-state index contributed by atoms with van der Waals surface area (Å²) in [6.45, 7) is 5.16. The van der Waals surface area contributed by atoms with Crippen molar-refractivity contribution in [2.75, 3.05) is 7.11 Å². The highest BCUT2D eigenvalue weighted by Gasteiger charge is 2.32. The fraction of sp³-hybridized carbons (Fsp3) is 0.467. The van der Waals surface area contributed by atoms with Gasteiger partial charge in [0, 0.05) is 0 Å². The van der Waals surface area contributed by atoms with Gasteiger partial charge in [-0.3, -0.25) is 4.79 Å². The number of ether oxygens (including phenoxy) is 1. The zero-order chi connectivity index (χ0) is 16.2. The lowest BCUT2D eigenvalue weighted by Gasteiger charge is -2.27. The van der Waals surface area contributed by atoms with Crippen LogP contribution in [0.25, 0.3) is 0 Å². The smallest absolute Gasteiger partial charge is 0.326 e. The standard InChI is InChI=1S/C15H20FNO4/c1-15(2,3)13(14(19)20)17-12(18)8-9-5-6-11(21-4)10(16)7-9/h5-7,13H,8H2,1-4H3,(H,17,18)(H,19,20). The van der Waals surface area contributed by atoms with E-state index in [1.165, 1.54) is 19.2 Å². The molecule has 116 valence electrons. The molecule has 0 spiro atoms. The number of carbonyl (C=O) groups is 2. The van der Waals surface area contributed by atoms with Gasteiger partial charge in [0.15, 0.2) is 11.6 Å². The largest absolute Gasteiger partial charge is 0.494 e. The Hall–Kier alpha value is -2.11. The number of halogens is 1. The molecule has 0 aliphatic rings. The second kappa shape index (κ2) is 6.56. The van der Waals surface area contributed by atoms with Crippen LogP contribution in [0.15, 0.2) is 18.2 Å². The minimum absolute atomic E-state index is 0.0947. The summed E-state index contributed by atoms with van der Waals surface area (Å²) in [6.07, 6.45) is -0.0965. The van der Waals surface area contributed by atoms with Crippen molar-refractivity contribution < 1.29 is 23.8 Å². The van der Waals surface area contributed by atoms with Gasteiger partial charge in [0.25, 0.3) is 0 Å². The van der Waals surface area contributed by atoms with Crippen LogP contribution in [-0.2, 0) is 16.0 Å². The number of carbonyl (C=O) groups excluding carboxylic acids is 1. The molecule has 0 saturated heterocycles. The van der Waals surface area contributed by atoms with Gasteiger partial charge in [-0.25, -0.2) is 9.18 Å². The fourth-order valence-electron chi connectivity index (χ4n) is 1.87. The highest BCUT2D eigenvalue weighted by atomic mass is 19.1. The first-order chi connectivity index (χ1) is 9.65. The molecule has 6 heteroatoms. The molecule has 0 bridgehead atoms. The Balaban J connectivity index is 2.77. The highest BCUT2D eigenvalue weighted by Crippen LogP contribution is 2.20. The lowest BCUT2D eigenvalue weighted by molar-refractivity contribution is -0.144. The van der Waals surface area contributed by atoms with Crippen LogP contribution < -0.4 is 10.1 Å². The van der Waals surface area contributed by atoms with Gasteiger partial charge >= 0.3 is 5.97 Å². The van der Waals surface area contributed by atoms with Crippen molar-refractivity contribution in [2.24, 2.45) is 5.41 Å². The Morgan fingerprint density at radius 1 is 1.38 bits per heavy atom. The maximum atomic E-state index is 13.5. The number of amides is 1. The molecule has 0 saturated carbocycles. The van der Waals surface area contributed by atoms with E-state index in [0.29, 0.717) is 5.56 Å². The summed E-state index contributed by atoms with van der Waals surface area (Å²) >= 11 is 0. The van der Waals surface area contributed by atoms with Gasteiger partial charge in [-0.1, -0.05) is 26.8 Å². The number of rotatable bonds is 5. The first kappa shape index (κ1) is 16.9. The van der Waals surface area contributed by atoms with E-state index in [0.717, 1.165) is 0 Å². The summed E-state index contributed by atoms with van der Waals surface area (Å²) in [4.78, 5) is 23.1. The molecule has 2 N–H and O–H groups in total. The van der Waals surface area contributed by atoms with Crippen molar-refractivity contribution in [3.05, 3.63) is 29.6 Å². The number of benzene rings is 1. The van der Waals surface area contributed by atoms with Crippen LogP contribution in [0.3, 0.4) is 0 Å². The second-order valence-electron chi connectivity index (χ2n) is 5.85. The summed E-state index contributed by atoms with van der Waals surface area (Å²) in [5.74, 6) is -2.04. The molecular formula is C15H20FNO4. The minimum atomic E-state index is -1.10. The summed E-state index contributed by atoms with van der Waals surface area (Å²) in [5.41, 5.74) is -0.170. The monoisotopic (exact) mass is 297 g/mol. The van der Waals surface area contributed by atoms with Gasteiger partial charge in [0.1, 0.15) is 6.04 Å². The average molecular weight is 297 g/mol. The van der Waals surface area contributed by atoms with Crippen molar-refractivity contribution in [1.82, 2.24) is 5.32 Å². The third-order valence-corrected chi connectivity index (χ3v) is 3.00. The van der Waals surface area contributed by atoms with Gasteiger partial charge in [0.05, 0.1) is 13.5 Å². The van der Waals surface area contributed by atoms with Crippen molar-refractivity contribution in [2.45, 2.75) is 33.2 Å². The number of carboxylic acid groups (broad SMARTS) is 1. The maximum absolute atomic E-state index is 13.5. The summed E-state index contributed by atoms with van der Waals surface area (Å²) < 4.78 is 18.3. The van der Waals surface area contributed by atoms with Crippen LogP contribution in [0.5, 0.6) is 5.75 Å². The van der Waals surface area contributed by atoms with Crippen LogP contribution in [0.1, 0.15) is 26.3 Å². The van der Waals surface area contributed by atoms with Gasteiger partial charge < -0.3 is 15.2 Å². The van der Waals surface area contributed by atoms with Crippen molar-refractivity contribution in [3.8, 4) is 5.75 Å². The van der Waals surface area contributed by atoms with Crippen LogP contribution >= 0.6 is 0 Å². The maximum Gasteiger partial charge on any atom is 0.326 e. The lowest BCUT2D eigenvalue weighted by atomic mass is 9.86. The number of hydrogen-bond donors (Lipinski definition) is 2. The molecule has 0 aliphatic heterocycles. The predicted molar refractivity (Wildman–Crippen MR) is 75.7 cm³/mol. The molecule has 1 amide bonds. The molecule has 0 aromatic heterocycles. The van der Waals surface area contributed by atoms with Crippen molar-refractivity contribution in [3.63, 3.8) is 0 Å². The van der Waals surface area contributed by atoms with E-state index in [4.69, 9.17) is 9.84 Å². The molecule has 1 aromatic rings. The van der Waals surface area contributed by atoms with Gasteiger partial charge in [-0.05, 0) is 23.1 Å². The molecule has 0 aliphatic carbocycles. The van der Waals surface area contributed by atoms with E-state index in [2.05, 4.69) is 5.32 Å². The topological polar surface area (TPSA) is 75.6 Å². The minimum Gasteiger partial charge on any atom is -0.494 e. The van der Waals surface area contributed by atoms with Gasteiger partial charge in [0.2, 0.25) is 5.91 Å². The van der Waals surface area contributed by atoms with E-state index in [-0.39, 0.29) is 12.2 Å². The molecule has 21 heavy (non-hydrogen) atoms. The number of methoxy groups -OCH3 is 1. The Morgan fingerprint density at radius 2 is 2.00 bits per heavy atom. The zero-order valence-electron chi connectivity index (χ0n) is 12.6. The van der Waals surface area contributed by atoms with Crippen molar-refractivity contribution >= 4 is 11.9 Å². The Bertz CT molecular complexity index is 537. The molecule has 0 radical (unpaired) electrons. The second-order valence-corrected chi connectivity index (χ2v) is 5.85. The molecule has 1 aromatic carbocycles. The Kier molecular flexibility index (Phi) is 5.29. The molecular weight excluding hydrogens is 277 g/mol. The normalized spacial score (nSPS) is 12.6. The van der Waals surface area contributed by atoms with Crippen LogP contribution in [0.4, 0.5) is 4.39 Å². The van der Waals surface area contributed by atoms with Gasteiger partial charge in [-0.2, -0.15) is 0 Å². The molecule has 1 unspecified atom stereocenters. The zero-order valence-corrected chi connectivity index (χ0v) is 12.6. The highest BCUT2D eigenvalue weighted by molar-refractivity contribution is 5.85. The summed E-state index contributed by atoms with van der Waals surface area (Å²) in [5, 5.41) is 11.6. The number of nitrogens with one attached hydrogen (secondary N) is 1. The van der Waals surface area contributed by atoms with E-state index in [1.807, 2.05) is 0 Å². The molecule has 1 atom stereocenters. The quantitative estimate of drug-likeness (QED) is 0.871. The Labute approximate surface area is 123 Å². The van der Waals surface area contributed by atoms with Crippen LogP contribution in [-0.4, -0.2) is 30.1 Å². The van der Waals surface area contributed by atoms with E-state index >= 15 is 0 Å². The average Bonchev–Trinajstić information content (AvgIpc) is 2.34. The first-order valence-electron chi connectivity index (χ1n) is 6.49. The summed E-state index contributed by atoms with van der Waals surface area (Å²) in [7, 11) is 1.35. The molecule has 5 nitrogen and oxygen atoms in total. The third kappa shape index (κ3) is 4.73. The molecule has 1 rings (SSSR count). The first-order valence-corrected chi connectivity index (χ1v) is 6.49. The number of carboxylic acids is 1. The van der Waals surface area contributed by atoms with Gasteiger partial charge in [-0.15, -0.1) is 0 Å². The van der Waals surface area contributed by atoms with E-state index in [1.54, 1.807) is 26.8 Å².